The number of aromatic nitrogens is 2. The first-order chi connectivity index (χ1) is 11.2. The Labute approximate surface area is 139 Å². The molecule has 0 fully saturated rings. The molecule has 1 heterocycles. The minimum Gasteiger partial charge on any atom is -0.377 e. The fraction of sp³-hybridized carbons (Fsp3) is 0.353. The van der Waals surface area contributed by atoms with E-state index in [1.54, 1.807) is 0 Å². The minimum absolute atomic E-state index is 0.0368. The van der Waals surface area contributed by atoms with Gasteiger partial charge in [0.25, 0.3) is 5.56 Å². The van der Waals surface area contributed by atoms with Gasteiger partial charge in [-0.2, -0.15) is 5.26 Å². The number of thioether (sulfide) groups is 1. The Balaban J connectivity index is 2.24. The van der Waals surface area contributed by atoms with Crippen molar-refractivity contribution in [2.75, 3.05) is 12.9 Å². The largest absolute Gasteiger partial charge is 0.377 e. The number of nitriles is 1. The van der Waals surface area contributed by atoms with Crippen LogP contribution in [0.3, 0.4) is 0 Å². The number of benzene rings is 1. The van der Waals surface area contributed by atoms with Crippen molar-refractivity contribution in [2.24, 2.45) is 0 Å². The van der Waals surface area contributed by atoms with Gasteiger partial charge in [0, 0.05) is 12.2 Å². The van der Waals surface area contributed by atoms with Gasteiger partial charge in [0.15, 0.2) is 5.16 Å². The van der Waals surface area contributed by atoms with E-state index in [1.165, 1.54) is 11.8 Å². The lowest BCUT2D eigenvalue weighted by atomic mass is 10.1. The van der Waals surface area contributed by atoms with Crippen LogP contribution in [0.5, 0.6) is 0 Å². The molecule has 0 aliphatic carbocycles. The van der Waals surface area contributed by atoms with Crippen LogP contribution in [0.1, 0.15) is 30.9 Å². The first-order valence-electron chi connectivity index (χ1n) is 7.45. The summed E-state index contributed by atoms with van der Waals surface area (Å²) >= 11 is 1.33. The second-order valence-corrected chi connectivity index (χ2v) is 5.81. The molecular formula is C17H19N3O2S. The van der Waals surface area contributed by atoms with E-state index in [1.807, 2.05) is 36.6 Å². The van der Waals surface area contributed by atoms with Crippen molar-refractivity contribution < 1.29 is 4.74 Å². The van der Waals surface area contributed by atoms with Crippen LogP contribution < -0.4 is 5.56 Å². The lowest BCUT2D eigenvalue weighted by molar-refractivity contribution is 0.118. The van der Waals surface area contributed by atoms with E-state index in [2.05, 4.69) is 16.9 Å². The Morgan fingerprint density at radius 2 is 2.09 bits per heavy atom. The maximum absolute atomic E-state index is 11.9. The van der Waals surface area contributed by atoms with Gasteiger partial charge in [-0.05, 0) is 18.2 Å². The summed E-state index contributed by atoms with van der Waals surface area (Å²) in [5.74, 6) is 0. The molecule has 0 radical (unpaired) electrons. The molecule has 0 amide bonds. The molecule has 0 spiro atoms. The fourth-order valence-electron chi connectivity index (χ4n) is 2.06. The number of nitrogens with one attached hydrogen (secondary N) is 1. The maximum atomic E-state index is 11.9. The second kappa shape index (κ2) is 8.51. The molecule has 0 unspecified atom stereocenters. The first-order valence-corrected chi connectivity index (χ1v) is 8.67. The van der Waals surface area contributed by atoms with Crippen molar-refractivity contribution in [2.45, 2.75) is 31.5 Å². The van der Waals surface area contributed by atoms with Gasteiger partial charge in [0.05, 0.1) is 12.3 Å². The van der Waals surface area contributed by atoms with Gasteiger partial charge in [-0.3, -0.25) is 4.79 Å². The third-order valence-electron chi connectivity index (χ3n) is 3.34. The van der Waals surface area contributed by atoms with Crippen LogP contribution in [-0.4, -0.2) is 22.8 Å². The average molecular weight is 329 g/mol. The molecule has 1 aromatic heterocycles. The van der Waals surface area contributed by atoms with Crippen LogP contribution in [0.25, 0.3) is 11.3 Å². The van der Waals surface area contributed by atoms with Crippen molar-refractivity contribution in [3.63, 3.8) is 0 Å². The number of hydrogen-bond donors (Lipinski definition) is 1. The van der Waals surface area contributed by atoms with Crippen LogP contribution in [0.15, 0.2) is 34.2 Å². The average Bonchev–Trinajstić information content (AvgIpc) is 2.58. The van der Waals surface area contributed by atoms with E-state index in [4.69, 9.17) is 4.74 Å². The molecule has 0 aliphatic rings. The monoisotopic (exact) mass is 329 g/mol. The van der Waals surface area contributed by atoms with Crippen molar-refractivity contribution in [3.8, 4) is 17.3 Å². The number of hydrogen-bond acceptors (Lipinski definition) is 5. The normalized spacial score (nSPS) is 10.5. The molecule has 0 saturated carbocycles. The van der Waals surface area contributed by atoms with E-state index in [-0.39, 0.29) is 5.56 Å². The highest BCUT2D eigenvalue weighted by Crippen LogP contribution is 2.21. The lowest BCUT2D eigenvalue weighted by Crippen LogP contribution is -2.14. The summed E-state index contributed by atoms with van der Waals surface area (Å²) in [6.45, 7) is 3.44. The minimum atomic E-state index is -0.408. The summed E-state index contributed by atoms with van der Waals surface area (Å²) in [5.41, 5.74) is 1.85. The van der Waals surface area contributed by atoms with E-state index < -0.39 is 5.56 Å². The summed E-state index contributed by atoms with van der Waals surface area (Å²) < 4.78 is 5.58. The number of rotatable bonds is 7. The van der Waals surface area contributed by atoms with Gasteiger partial charge < -0.3 is 9.72 Å². The number of aromatic amines is 1. The molecule has 1 N–H and O–H groups in total. The Kier molecular flexibility index (Phi) is 6.39. The number of ether oxygens (including phenoxy) is 1. The van der Waals surface area contributed by atoms with E-state index >= 15 is 0 Å². The van der Waals surface area contributed by atoms with Crippen molar-refractivity contribution in [1.82, 2.24) is 9.97 Å². The molecule has 23 heavy (non-hydrogen) atoms. The van der Waals surface area contributed by atoms with Crippen LogP contribution in [-0.2, 0) is 11.3 Å². The van der Waals surface area contributed by atoms with Gasteiger partial charge in [-0.1, -0.05) is 49.4 Å². The Bertz CT molecular complexity index is 748. The topological polar surface area (TPSA) is 78.8 Å². The number of H-pyrrole nitrogens is 1. The van der Waals surface area contributed by atoms with E-state index in [0.29, 0.717) is 17.5 Å². The number of unbranched alkanes of at least 4 members (excludes halogenated alkanes) is 1. The van der Waals surface area contributed by atoms with Crippen molar-refractivity contribution in [3.05, 3.63) is 45.7 Å². The summed E-state index contributed by atoms with van der Waals surface area (Å²) in [6, 6.07) is 9.54. The molecule has 120 valence electrons. The maximum Gasteiger partial charge on any atom is 0.270 e. The molecule has 2 rings (SSSR count). The van der Waals surface area contributed by atoms with Crippen LogP contribution in [0, 0.1) is 11.3 Å². The van der Waals surface area contributed by atoms with Crippen LogP contribution in [0.4, 0.5) is 0 Å². The first kappa shape index (κ1) is 17.3. The van der Waals surface area contributed by atoms with Crippen molar-refractivity contribution >= 4 is 11.8 Å². The zero-order valence-electron chi connectivity index (χ0n) is 13.3. The molecule has 1 aromatic carbocycles. The third-order valence-corrected chi connectivity index (χ3v) is 3.92. The zero-order valence-corrected chi connectivity index (χ0v) is 14.1. The van der Waals surface area contributed by atoms with E-state index in [0.717, 1.165) is 30.6 Å². The van der Waals surface area contributed by atoms with Crippen LogP contribution >= 0.6 is 11.8 Å². The molecule has 6 heteroatoms. The third kappa shape index (κ3) is 4.44. The Morgan fingerprint density at radius 1 is 1.35 bits per heavy atom. The molecule has 0 saturated heterocycles. The summed E-state index contributed by atoms with van der Waals surface area (Å²) in [7, 11) is 0. The van der Waals surface area contributed by atoms with Crippen molar-refractivity contribution in [1.29, 1.82) is 5.26 Å². The summed E-state index contributed by atoms with van der Waals surface area (Å²) in [5, 5.41) is 9.70. The SMILES string of the molecule is CCCCOCc1ccc(-c2nc(SC)[nH]c(=O)c2C#N)cc1. The summed E-state index contributed by atoms with van der Waals surface area (Å²) in [4.78, 5) is 18.9. The molecule has 0 aliphatic heterocycles. The Morgan fingerprint density at radius 3 is 2.70 bits per heavy atom. The predicted octanol–water partition coefficient (Wildman–Crippen LogP) is 3.35. The van der Waals surface area contributed by atoms with Crippen LogP contribution in [0.2, 0.25) is 0 Å². The summed E-state index contributed by atoms with van der Waals surface area (Å²) in [6.07, 6.45) is 3.99. The Hall–Kier alpha value is -2.10. The highest BCUT2D eigenvalue weighted by Gasteiger charge is 2.13. The fourth-order valence-corrected chi connectivity index (χ4v) is 2.43. The lowest BCUT2D eigenvalue weighted by Gasteiger charge is -2.07. The highest BCUT2D eigenvalue weighted by atomic mass is 32.2. The molecule has 5 nitrogen and oxygen atoms in total. The zero-order chi connectivity index (χ0) is 16.7. The molecule has 0 bridgehead atoms. The van der Waals surface area contributed by atoms with Gasteiger partial charge >= 0.3 is 0 Å². The van der Waals surface area contributed by atoms with Gasteiger partial charge in [-0.15, -0.1) is 0 Å². The second-order valence-electron chi connectivity index (χ2n) is 5.01. The quantitative estimate of drug-likeness (QED) is 0.479. The molecule has 0 atom stereocenters. The van der Waals surface area contributed by atoms with E-state index in [9.17, 15) is 10.1 Å². The highest BCUT2D eigenvalue weighted by molar-refractivity contribution is 7.98. The molecular weight excluding hydrogens is 310 g/mol. The standard InChI is InChI=1S/C17H19N3O2S/c1-3-4-9-22-11-12-5-7-13(8-6-12)15-14(10-18)16(21)20-17(19-15)23-2/h5-8H,3-4,9,11H2,1-2H3,(H,19,20,21). The number of nitrogens with zero attached hydrogens (tertiary/aromatic N) is 2. The van der Waals surface area contributed by atoms with Gasteiger partial charge in [-0.25, -0.2) is 4.98 Å². The smallest absolute Gasteiger partial charge is 0.270 e. The molecule has 2 aromatic rings. The van der Waals surface area contributed by atoms with Gasteiger partial charge in [0.1, 0.15) is 11.6 Å². The predicted molar refractivity (Wildman–Crippen MR) is 91.4 cm³/mol. The van der Waals surface area contributed by atoms with Gasteiger partial charge in [0.2, 0.25) is 0 Å².